The number of carbonyl (C=O) groups is 2. The second-order valence-corrected chi connectivity index (χ2v) is 38.9. The van der Waals surface area contributed by atoms with Gasteiger partial charge in [0.25, 0.3) is 25.2 Å². The maximum Gasteiger partial charge on any atom is 0.328 e. The van der Waals surface area contributed by atoms with Crippen LogP contribution in [0.2, 0.25) is 5.02 Å². The van der Waals surface area contributed by atoms with Crippen LogP contribution in [-0.2, 0) is 79.2 Å². The predicted octanol–water partition coefficient (Wildman–Crippen LogP) is 11.3. The summed E-state index contributed by atoms with van der Waals surface area (Å²) in [6.07, 6.45) is 0.824. The number of aromatic amines is 6. The van der Waals surface area contributed by atoms with E-state index in [9.17, 15) is 83.0 Å². The Hall–Kier alpha value is -11.9. The molecule has 0 spiro atoms. The van der Waals surface area contributed by atoms with Crippen LogP contribution >= 0.6 is 11.6 Å². The van der Waals surface area contributed by atoms with Gasteiger partial charge in [-0.2, -0.15) is 8.42 Å². The Morgan fingerprint density at radius 2 is 0.875 bits per heavy atom. The summed E-state index contributed by atoms with van der Waals surface area (Å²) in [5.41, 5.74) is 7.78. The van der Waals surface area contributed by atoms with Gasteiger partial charge < -0.3 is 66.9 Å². The van der Waals surface area contributed by atoms with E-state index in [0.29, 0.717) is 108 Å². The van der Waals surface area contributed by atoms with Crippen LogP contribution in [0.15, 0.2) is 217 Å². The minimum atomic E-state index is -4.52. The maximum absolute atomic E-state index is 13.2. The zero-order valence-electron chi connectivity index (χ0n) is 61.8. The number of aromatic nitrogens is 12. The van der Waals surface area contributed by atoms with E-state index in [1.54, 1.807) is 97.1 Å². The van der Waals surface area contributed by atoms with Gasteiger partial charge in [-0.05, 0) is 164 Å². The summed E-state index contributed by atoms with van der Waals surface area (Å²) >= 11 is 5.77. The maximum atomic E-state index is 13.2. The molecule has 5 unspecified atom stereocenters. The third-order valence-electron chi connectivity index (χ3n) is 16.3. The van der Waals surface area contributed by atoms with Crippen LogP contribution in [0.5, 0.6) is 17.2 Å². The third kappa shape index (κ3) is 22.3. The SMILES string of the molecule is C.C=S(=O)(O)c1nc2cc3c(cc2[nH]1)OCCCO3.C=S(=O)(O)c1nc2ccc(C(=O)c3ccccc3)cc2[nH]1.C=S(=O)(O)c1nc2ccc(C)cc2[nH]1.C=S(=O)(O)c1nc2ccc(S(=O)(=O)Nc3ccc(Cl)cc3)cc2[nH]1.C=S(=O)(O)c1nc2ccc(S(=O)(=O)Nc3ccccc3OC)cc2[nH]1.CC(=O)c1cc(F)cc2[nH]c(S(=O)(=O)O)nc12. The number of benzene rings is 9. The fourth-order valence-electron chi connectivity index (χ4n) is 10.8. The molecule has 7 heterocycles. The van der Waals surface area contributed by atoms with Crippen LogP contribution in [0.3, 0.4) is 0 Å². The Bertz CT molecular complexity index is 7430. The molecule has 0 radical (unpaired) electrons. The summed E-state index contributed by atoms with van der Waals surface area (Å²) in [7, 11) is -27.8. The van der Waals surface area contributed by atoms with Crippen molar-refractivity contribution in [2.24, 2.45) is 0 Å². The number of hydrogen-bond donors (Lipinski definition) is 14. The first-order valence-corrected chi connectivity index (χ1v) is 46.8. The lowest BCUT2D eigenvalue weighted by molar-refractivity contribution is 0.101. The highest BCUT2D eigenvalue weighted by atomic mass is 35.5. The summed E-state index contributed by atoms with van der Waals surface area (Å²) in [4.78, 5) is 62.7. The number of Topliss-reactive ketones (excluding diaryl/α,β-unsaturated/α-hetero) is 1. The lowest BCUT2D eigenvalue weighted by atomic mass is 10.0. The highest BCUT2D eigenvalue weighted by Crippen LogP contribution is 2.35. The number of carbonyl (C=O) groups excluding carboxylic acids is 2. The monoisotopic (exact) mass is 1820 g/mol. The number of hydrogen-bond acceptors (Lipinski definition) is 22. The number of fused-ring (bicyclic) bond motifs is 7. The van der Waals surface area contributed by atoms with Gasteiger partial charge in [-0.15, -0.1) is 0 Å². The molecule has 46 heteroatoms. The van der Waals surface area contributed by atoms with E-state index in [4.69, 9.17) is 30.4 Å². The molecule has 0 fully saturated rings. The molecule has 6 aromatic heterocycles. The largest absolute Gasteiger partial charge is 0.495 e. The summed E-state index contributed by atoms with van der Waals surface area (Å²) in [6, 6.07) is 45.8. The minimum Gasteiger partial charge on any atom is -0.495 e. The first-order chi connectivity index (χ1) is 55.6. The second-order valence-electron chi connectivity index (χ2n) is 25.4. The molecule has 0 aliphatic carbocycles. The fourth-order valence-corrected chi connectivity index (χ4v) is 16.1. The average Bonchev–Trinajstić information content (AvgIpc) is 1.45. The van der Waals surface area contributed by atoms with E-state index in [0.717, 1.165) is 29.6 Å². The third-order valence-corrected chi connectivity index (χ3v) is 24.0. The summed E-state index contributed by atoms with van der Waals surface area (Å²) in [5.74, 6) is 16.1. The van der Waals surface area contributed by atoms with E-state index in [1.807, 2.05) is 25.1 Å². The standard InChI is InChI=1S/C15H15N3O5S2.C15H12N2O3S.C14H12ClN3O4S2.C11H12N2O4S.C9H7FN2O4S.C9H10N2O2S.CH4/c1-23-14-6-4-3-5-12(14)18-25(21,22)10-7-8-11-13(9-10)17-15(16-11)24(2,19)20;1-21(19,20)15-16-12-8-7-11(9-13(12)17-15)14(18)10-5-3-2-4-6-10;1-23(19,20)14-16-12-7-6-11(8-13(12)17-14)24(21,22)18-10-4-2-9(15)3-5-10;1-18(14,15)11-12-7-5-9-10(6-8(7)13-11)17-4-2-3-16-9;1-4(13)6-2-5(10)3-7-8(6)12-9(11-7)17(14,15)16;1-6-3-4-7-8(5-6)11-9(10-7)14(2,12)13;/h3-9,18H,2H2,1H3,(H,16,17)(H,19,20);2-9H,1H2,(H,16,17)(H,19,20);2-8,18H,1H2,(H,16,17)(H,19,20);5-6H,1-4H2,(H,12,13)(H,14,15);2-3H,1H3,(H,11,12)(H,14,15,16);3-5H,2H2,1H3,(H,10,11)(H,12,13);1H4. The Morgan fingerprint density at radius 1 is 0.458 bits per heavy atom. The molecule has 15 aromatic rings. The zero-order valence-corrected chi connectivity index (χ0v) is 69.1. The highest BCUT2D eigenvalue weighted by Gasteiger charge is 2.24. The number of nitrogens with zero attached hydrogens (tertiary/aromatic N) is 6. The fraction of sp³-hybridized carbons (Fsp3) is 0.0946. The van der Waals surface area contributed by atoms with E-state index in [1.165, 1.54) is 62.6 Å². The number of sulfonamides is 2. The van der Waals surface area contributed by atoms with Crippen molar-refractivity contribution in [3.05, 3.63) is 209 Å². The molecule has 0 bridgehead atoms. The predicted molar refractivity (Wildman–Crippen MR) is 460 cm³/mol. The van der Waals surface area contributed by atoms with Gasteiger partial charge in [0, 0.05) is 46.0 Å². The molecule has 1 aliphatic heterocycles. The Balaban J connectivity index is 0.000000152. The molecule has 1 aliphatic rings. The number of anilines is 2. The van der Waals surface area contributed by atoms with Gasteiger partial charge in [0.15, 0.2) is 23.1 Å². The molecule has 5 atom stereocenters. The molecule has 9 aromatic carbocycles. The van der Waals surface area contributed by atoms with Crippen molar-refractivity contribution in [2.75, 3.05) is 29.8 Å². The van der Waals surface area contributed by atoms with Crippen molar-refractivity contribution in [1.82, 2.24) is 59.8 Å². The quantitative estimate of drug-likeness (QED) is 0.0243. The molecular weight excluding hydrogens is 1750 g/mol. The van der Waals surface area contributed by atoms with E-state index in [-0.39, 0.29) is 65.4 Å². The average molecular weight is 1820 g/mol. The number of nitrogens with one attached hydrogen (secondary N) is 8. The van der Waals surface area contributed by atoms with Gasteiger partial charge in [0.1, 0.15) is 66.1 Å². The number of ether oxygens (including phenoxy) is 3. The summed E-state index contributed by atoms with van der Waals surface area (Å²) < 4.78 is 219. The lowest BCUT2D eigenvalue weighted by Gasteiger charge is -2.11. The van der Waals surface area contributed by atoms with Gasteiger partial charge in [0.05, 0.1) is 96.5 Å². The van der Waals surface area contributed by atoms with Crippen molar-refractivity contribution in [2.45, 2.75) is 68.4 Å². The van der Waals surface area contributed by atoms with Crippen molar-refractivity contribution in [1.29, 1.82) is 0 Å². The molecular formula is C74H72ClFN14O22S8. The number of ketones is 2. The van der Waals surface area contributed by atoms with Gasteiger partial charge in [-0.25, -0.2) is 72.2 Å². The first-order valence-electron chi connectivity index (χ1n) is 33.6. The zero-order chi connectivity index (χ0) is 86.7. The number of rotatable bonds is 16. The van der Waals surface area contributed by atoms with Gasteiger partial charge in [-0.1, -0.05) is 67.6 Å². The molecule has 120 heavy (non-hydrogen) atoms. The van der Waals surface area contributed by atoms with Crippen LogP contribution in [0, 0.1) is 12.7 Å². The van der Waals surface area contributed by atoms with Gasteiger partial charge >= 0.3 is 10.1 Å². The van der Waals surface area contributed by atoms with Crippen LogP contribution < -0.4 is 23.7 Å². The Kier molecular flexibility index (Phi) is 26.8. The van der Waals surface area contributed by atoms with Crippen molar-refractivity contribution in [3.63, 3.8) is 0 Å². The van der Waals surface area contributed by atoms with E-state index < -0.39 is 95.9 Å². The van der Waals surface area contributed by atoms with Gasteiger partial charge in [0.2, 0.25) is 25.8 Å². The lowest BCUT2D eigenvalue weighted by Crippen LogP contribution is -2.13. The number of para-hydroxylation sites is 2. The van der Waals surface area contributed by atoms with Crippen LogP contribution in [0.4, 0.5) is 15.8 Å². The number of imidazole rings is 6. The van der Waals surface area contributed by atoms with E-state index in [2.05, 4.69) is 98.6 Å². The topological polar surface area (TPSA) is 567 Å². The summed E-state index contributed by atoms with van der Waals surface area (Å²) in [5, 5.41) is -0.768. The minimum absolute atomic E-state index is 0. The smallest absolute Gasteiger partial charge is 0.328 e. The molecule has 0 saturated heterocycles. The first kappa shape index (κ1) is 90.4. The van der Waals surface area contributed by atoms with Crippen LogP contribution in [0.25, 0.3) is 66.2 Å². The molecule has 36 nitrogen and oxygen atoms in total. The molecule has 0 amide bonds. The second kappa shape index (κ2) is 35.6. The number of H-pyrrole nitrogens is 6. The normalized spacial score (nSPS) is 14.5. The van der Waals surface area contributed by atoms with Crippen molar-refractivity contribution in [3.8, 4) is 17.2 Å². The Labute approximate surface area is 690 Å². The number of methoxy groups -OCH3 is 1. The molecule has 0 saturated carbocycles. The van der Waals surface area contributed by atoms with Crippen LogP contribution in [-0.4, -0.2) is 195 Å². The number of aryl methyl sites for hydroxylation is 1. The molecule has 632 valence electrons. The van der Waals surface area contributed by atoms with E-state index >= 15 is 0 Å². The highest BCUT2D eigenvalue weighted by molar-refractivity contribution is 7.96. The van der Waals surface area contributed by atoms with Crippen molar-refractivity contribution >= 4 is 209 Å². The van der Waals surface area contributed by atoms with Gasteiger partial charge in [-0.3, -0.25) is 23.6 Å². The molecule has 16 rings (SSSR count). The summed E-state index contributed by atoms with van der Waals surface area (Å²) in [6.45, 7) is 4.32. The number of halogens is 2. The van der Waals surface area contributed by atoms with Crippen molar-refractivity contribution < 1.29 is 102 Å². The van der Waals surface area contributed by atoms with Crippen LogP contribution in [0.1, 0.15) is 52.6 Å². The molecule has 14 N–H and O–H groups in total. The Morgan fingerprint density at radius 3 is 1.35 bits per heavy atom.